The fraction of sp³-hybridized carbons (Fsp3) is 0.609. The Morgan fingerprint density at radius 1 is 1.27 bits per heavy atom. The average Bonchev–Trinajstić information content (AvgIpc) is 3.24. The highest BCUT2D eigenvalue weighted by molar-refractivity contribution is 5.70. The molecule has 1 aromatic carbocycles. The number of fused-ring (bicyclic) bond motifs is 1. The Bertz CT molecular complexity index is 683. The lowest BCUT2D eigenvalue weighted by Gasteiger charge is -2.26. The average molecular weight is 354 g/mol. The highest BCUT2D eigenvalue weighted by Gasteiger charge is 2.46. The molecule has 3 atom stereocenters. The highest BCUT2D eigenvalue weighted by atomic mass is 16.6. The molecule has 3 aliphatic rings. The zero-order chi connectivity index (χ0) is 18.0. The molecule has 140 valence electrons. The second kappa shape index (κ2) is 7.46. The molecule has 1 aromatic rings. The number of hydrogen-bond acceptors (Lipinski definition) is 2. The van der Waals surface area contributed by atoms with Gasteiger partial charge in [-0.2, -0.15) is 0 Å². The molecule has 1 saturated heterocycles. The van der Waals surface area contributed by atoms with Gasteiger partial charge < -0.3 is 10.1 Å². The Hall–Kier alpha value is -1.77. The van der Waals surface area contributed by atoms with Crippen molar-refractivity contribution in [1.29, 1.82) is 0 Å². The molecule has 3 nitrogen and oxygen atoms in total. The number of amides is 1. The van der Waals surface area contributed by atoms with Crippen molar-refractivity contribution in [2.24, 2.45) is 5.92 Å². The van der Waals surface area contributed by atoms with Crippen molar-refractivity contribution in [3.05, 3.63) is 47.5 Å². The number of unbranched alkanes of at least 4 members (excludes halogenated alkanes) is 2. The van der Waals surface area contributed by atoms with E-state index in [-0.39, 0.29) is 11.6 Å². The number of carbonyl (C=O) groups excluding carboxylic acids is 1. The maximum absolute atomic E-state index is 11.4. The predicted molar refractivity (Wildman–Crippen MR) is 104 cm³/mol. The summed E-state index contributed by atoms with van der Waals surface area (Å²) in [4.78, 5) is 11.4. The first-order chi connectivity index (χ1) is 12.7. The number of aryl methyl sites for hydroxylation is 1. The monoisotopic (exact) mass is 353 g/mol. The Morgan fingerprint density at radius 2 is 2.19 bits per heavy atom. The van der Waals surface area contributed by atoms with Crippen LogP contribution in [0, 0.1) is 5.92 Å². The van der Waals surface area contributed by atoms with Crippen LogP contribution in [0.4, 0.5) is 4.79 Å². The minimum absolute atomic E-state index is 0.103. The number of carbonyl (C=O) groups is 1. The van der Waals surface area contributed by atoms with Crippen molar-refractivity contribution >= 4 is 6.09 Å². The van der Waals surface area contributed by atoms with Crippen LogP contribution in [0.1, 0.15) is 74.0 Å². The van der Waals surface area contributed by atoms with Crippen LogP contribution in [0.3, 0.4) is 0 Å². The molecule has 0 aromatic heterocycles. The predicted octanol–water partition coefficient (Wildman–Crippen LogP) is 5.28. The second-order valence-electron chi connectivity index (χ2n) is 8.63. The number of alkyl carbamates (subject to hydrolysis) is 1. The number of benzene rings is 1. The van der Waals surface area contributed by atoms with E-state index in [1.807, 2.05) is 6.08 Å². The summed E-state index contributed by atoms with van der Waals surface area (Å²) in [6.45, 7) is 4.36. The third-order valence-electron chi connectivity index (χ3n) is 6.76. The van der Waals surface area contributed by atoms with Crippen LogP contribution in [0.15, 0.2) is 30.9 Å². The van der Waals surface area contributed by atoms with Crippen molar-refractivity contribution in [2.75, 3.05) is 6.61 Å². The molecule has 1 N–H and O–H groups in total. The van der Waals surface area contributed by atoms with E-state index in [2.05, 4.69) is 30.1 Å². The SMILES string of the molecule is C=CCCCC[C@H]1CCc2cc([C@H]3CC[C@]4(COC(=O)N4)C3)ccc2C1. The maximum atomic E-state index is 11.4. The zero-order valence-electron chi connectivity index (χ0n) is 15.8. The summed E-state index contributed by atoms with van der Waals surface area (Å²) < 4.78 is 5.17. The van der Waals surface area contributed by atoms with Gasteiger partial charge in [0.2, 0.25) is 0 Å². The van der Waals surface area contributed by atoms with E-state index in [1.165, 1.54) is 44.1 Å². The summed E-state index contributed by atoms with van der Waals surface area (Å²) in [5.41, 5.74) is 4.50. The quantitative estimate of drug-likeness (QED) is 0.558. The maximum Gasteiger partial charge on any atom is 0.407 e. The fourth-order valence-corrected chi connectivity index (χ4v) is 5.22. The van der Waals surface area contributed by atoms with Crippen LogP contribution in [0.25, 0.3) is 0 Å². The van der Waals surface area contributed by atoms with Crippen molar-refractivity contribution in [1.82, 2.24) is 5.32 Å². The lowest BCUT2D eigenvalue weighted by molar-refractivity contribution is 0.172. The molecule has 2 aliphatic carbocycles. The molecule has 3 heteroatoms. The Balaban J connectivity index is 1.37. The lowest BCUT2D eigenvalue weighted by Crippen LogP contribution is -2.40. The summed E-state index contributed by atoms with van der Waals surface area (Å²) in [5.74, 6) is 1.41. The molecule has 4 rings (SSSR count). The number of cyclic esters (lactones) is 1. The molecule has 1 heterocycles. The van der Waals surface area contributed by atoms with Crippen molar-refractivity contribution in [3.63, 3.8) is 0 Å². The van der Waals surface area contributed by atoms with Gasteiger partial charge in [-0.15, -0.1) is 6.58 Å². The first kappa shape index (κ1) is 17.6. The van der Waals surface area contributed by atoms with Gasteiger partial charge in [-0.3, -0.25) is 0 Å². The van der Waals surface area contributed by atoms with Crippen molar-refractivity contribution in [3.8, 4) is 0 Å². The molecule has 0 unspecified atom stereocenters. The molecule has 1 spiro atoms. The first-order valence-corrected chi connectivity index (χ1v) is 10.3. The van der Waals surface area contributed by atoms with E-state index in [4.69, 9.17) is 4.74 Å². The number of allylic oxidation sites excluding steroid dienone is 1. The summed E-state index contributed by atoms with van der Waals surface area (Å²) >= 11 is 0. The topological polar surface area (TPSA) is 38.3 Å². The van der Waals surface area contributed by atoms with Gasteiger partial charge in [0.1, 0.15) is 6.61 Å². The summed E-state index contributed by atoms with van der Waals surface area (Å²) in [6, 6.07) is 7.19. The molecule has 1 amide bonds. The summed E-state index contributed by atoms with van der Waals surface area (Å²) in [7, 11) is 0. The molecule has 1 saturated carbocycles. The minimum Gasteiger partial charge on any atom is -0.447 e. The van der Waals surface area contributed by atoms with Crippen LogP contribution in [0.5, 0.6) is 0 Å². The van der Waals surface area contributed by atoms with E-state index in [1.54, 1.807) is 11.1 Å². The Kier molecular flexibility index (Phi) is 5.06. The van der Waals surface area contributed by atoms with Crippen LogP contribution in [-0.4, -0.2) is 18.2 Å². The van der Waals surface area contributed by atoms with Crippen molar-refractivity contribution in [2.45, 2.75) is 75.7 Å². The highest BCUT2D eigenvalue weighted by Crippen LogP contribution is 2.43. The van der Waals surface area contributed by atoms with Gasteiger partial charge >= 0.3 is 6.09 Å². The first-order valence-electron chi connectivity index (χ1n) is 10.3. The van der Waals surface area contributed by atoms with Gasteiger partial charge in [-0.25, -0.2) is 4.79 Å². The number of rotatable bonds is 6. The molecule has 26 heavy (non-hydrogen) atoms. The van der Waals surface area contributed by atoms with Crippen LogP contribution in [0.2, 0.25) is 0 Å². The largest absolute Gasteiger partial charge is 0.447 e. The van der Waals surface area contributed by atoms with Gasteiger partial charge in [0, 0.05) is 0 Å². The molecular formula is C23H31NO2. The Morgan fingerprint density at radius 3 is 3.00 bits per heavy atom. The fourth-order valence-electron chi connectivity index (χ4n) is 5.22. The minimum atomic E-state index is -0.241. The van der Waals surface area contributed by atoms with Crippen molar-refractivity contribution < 1.29 is 9.53 Å². The molecular weight excluding hydrogens is 322 g/mol. The molecule has 2 fully saturated rings. The molecule has 0 radical (unpaired) electrons. The third-order valence-corrected chi connectivity index (χ3v) is 6.76. The van der Waals surface area contributed by atoms with E-state index in [9.17, 15) is 4.79 Å². The van der Waals surface area contributed by atoms with Gasteiger partial charge in [0.15, 0.2) is 0 Å². The van der Waals surface area contributed by atoms with Crippen LogP contribution in [-0.2, 0) is 17.6 Å². The van der Waals surface area contributed by atoms with Gasteiger partial charge in [-0.1, -0.05) is 37.1 Å². The molecule has 0 bridgehead atoms. The zero-order valence-corrected chi connectivity index (χ0v) is 15.8. The number of ether oxygens (including phenoxy) is 1. The number of nitrogens with one attached hydrogen (secondary N) is 1. The number of hydrogen-bond donors (Lipinski definition) is 1. The summed E-state index contributed by atoms with van der Waals surface area (Å²) in [5, 5.41) is 3.06. The van der Waals surface area contributed by atoms with E-state index >= 15 is 0 Å². The smallest absolute Gasteiger partial charge is 0.407 e. The van der Waals surface area contributed by atoms with E-state index in [0.717, 1.165) is 31.6 Å². The Labute approximate surface area is 157 Å². The standard InChI is InChI=1S/C23H31NO2/c1-2-3-4-5-6-17-7-8-19-14-20(10-9-18(19)13-17)21-11-12-23(15-21)16-26-22(25)24-23/h2,9-10,14,17,21H,1,3-8,11-13,15-16H2,(H,24,25)/t17-,21-,23+/m0/s1. The lowest BCUT2D eigenvalue weighted by atomic mass is 9.79. The van der Waals surface area contributed by atoms with E-state index < -0.39 is 0 Å². The van der Waals surface area contributed by atoms with Gasteiger partial charge in [0.05, 0.1) is 5.54 Å². The van der Waals surface area contributed by atoms with E-state index in [0.29, 0.717) is 12.5 Å². The summed E-state index contributed by atoms with van der Waals surface area (Å²) in [6.07, 6.45) is 13.9. The normalized spacial score (nSPS) is 30.1. The third kappa shape index (κ3) is 3.67. The van der Waals surface area contributed by atoms with Crippen LogP contribution < -0.4 is 5.32 Å². The van der Waals surface area contributed by atoms with Crippen LogP contribution >= 0.6 is 0 Å². The van der Waals surface area contributed by atoms with Gasteiger partial charge in [0.25, 0.3) is 0 Å². The molecule has 1 aliphatic heterocycles. The van der Waals surface area contributed by atoms with Gasteiger partial charge in [-0.05, 0) is 79.9 Å². The second-order valence-corrected chi connectivity index (χ2v) is 8.63.